The lowest BCUT2D eigenvalue weighted by Crippen LogP contribution is -2.23. The number of methoxy groups -OCH3 is 1. The number of hydrogen-bond acceptors (Lipinski definition) is 5. The topological polar surface area (TPSA) is 79.5 Å². The Morgan fingerprint density at radius 3 is 2.66 bits per heavy atom. The summed E-state index contributed by atoms with van der Waals surface area (Å²) in [7, 11) is 1.38. The molecule has 0 saturated heterocycles. The van der Waals surface area contributed by atoms with Gasteiger partial charge < -0.3 is 20.7 Å². The zero-order chi connectivity index (χ0) is 22.5. The number of hydrogen-bond donors (Lipinski definition) is 3. The molecule has 2 aromatic carbocycles. The lowest BCUT2D eigenvalue weighted by Gasteiger charge is -2.12. The molecule has 0 radical (unpaired) electrons. The normalized spacial score (nSPS) is 12.0. The Kier molecular flexibility index (Phi) is 6.82. The number of thiophene rings is 1. The van der Waals surface area contributed by atoms with Crippen LogP contribution >= 0.6 is 23.6 Å². The van der Waals surface area contributed by atoms with Crippen molar-refractivity contribution >= 4 is 51.2 Å². The van der Waals surface area contributed by atoms with Gasteiger partial charge in [-0.1, -0.05) is 36.4 Å². The van der Waals surface area contributed by atoms with Crippen molar-refractivity contribution in [2.45, 2.75) is 25.8 Å². The van der Waals surface area contributed by atoms with Crippen molar-refractivity contribution in [3.05, 3.63) is 81.7 Å². The molecule has 3 N–H and O–H groups in total. The molecule has 1 aliphatic rings. The highest BCUT2D eigenvalue weighted by molar-refractivity contribution is 7.80. The quantitative estimate of drug-likeness (QED) is 0.360. The first kappa shape index (κ1) is 22.0. The molecule has 0 bridgehead atoms. The van der Waals surface area contributed by atoms with Crippen LogP contribution in [0, 0.1) is 0 Å². The van der Waals surface area contributed by atoms with Gasteiger partial charge in [0.15, 0.2) is 5.11 Å². The van der Waals surface area contributed by atoms with Crippen molar-refractivity contribution in [3.8, 4) is 0 Å². The first-order chi connectivity index (χ1) is 15.5. The number of anilines is 2. The van der Waals surface area contributed by atoms with E-state index in [9.17, 15) is 9.59 Å². The fourth-order valence-electron chi connectivity index (χ4n) is 3.69. The van der Waals surface area contributed by atoms with Gasteiger partial charge in [0.25, 0.3) is 5.91 Å². The number of aryl methyl sites for hydroxylation is 1. The third-order valence-electron chi connectivity index (χ3n) is 5.22. The van der Waals surface area contributed by atoms with E-state index in [1.165, 1.54) is 12.0 Å². The molecule has 6 nitrogen and oxygen atoms in total. The highest BCUT2D eigenvalue weighted by Gasteiger charge is 2.27. The van der Waals surface area contributed by atoms with E-state index in [-0.39, 0.29) is 11.9 Å². The molecule has 0 fully saturated rings. The maximum absolute atomic E-state index is 12.5. The van der Waals surface area contributed by atoms with Crippen molar-refractivity contribution in [3.63, 3.8) is 0 Å². The molecule has 8 heteroatoms. The molecular weight excluding hydrogens is 442 g/mol. The first-order valence-electron chi connectivity index (χ1n) is 10.3. The maximum atomic E-state index is 12.5. The summed E-state index contributed by atoms with van der Waals surface area (Å²) in [5, 5.41) is 10.2. The molecule has 0 saturated carbocycles. The highest BCUT2D eigenvalue weighted by Crippen LogP contribution is 2.39. The summed E-state index contributed by atoms with van der Waals surface area (Å²) in [5.74, 6) is -0.522. The Bertz CT molecular complexity index is 1160. The van der Waals surface area contributed by atoms with Crippen molar-refractivity contribution in [2.24, 2.45) is 0 Å². The van der Waals surface area contributed by atoms with Gasteiger partial charge in [0.1, 0.15) is 5.00 Å². The predicted molar refractivity (Wildman–Crippen MR) is 132 cm³/mol. The third kappa shape index (κ3) is 4.98. The number of nitrogens with one attached hydrogen (secondary N) is 3. The van der Waals surface area contributed by atoms with Crippen LogP contribution in [0.15, 0.2) is 54.6 Å². The molecule has 164 valence electrons. The summed E-state index contributed by atoms with van der Waals surface area (Å²) in [6, 6.07) is 16.9. The Hall–Kier alpha value is -3.23. The third-order valence-corrected chi connectivity index (χ3v) is 6.63. The number of carbonyl (C=O) groups excluding carboxylic acids is 2. The van der Waals surface area contributed by atoms with Crippen LogP contribution in [0.4, 0.5) is 10.7 Å². The number of amides is 1. The summed E-state index contributed by atoms with van der Waals surface area (Å²) in [6.45, 7) is 0.455. The molecule has 0 aliphatic heterocycles. The van der Waals surface area contributed by atoms with Gasteiger partial charge in [-0.15, -0.1) is 11.3 Å². The van der Waals surface area contributed by atoms with E-state index in [0.29, 0.717) is 33.5 Å². The zero-order valence-electron chi connectivity index (χ0n) is 17.6. The maximum Gasteiger partial charge on any atom is 0.341 e. The fraction of sp³-hybridized carbons (Fsp3) is 0.208. The molecular formula is C24H23N3O3S2. The minimum atomic E-state index is -0.355. The van der Waals surface area contributed by atoms with Gasteiger partial charge in [0.2, 0.25) is 0 Å². The second-order valence-corrected chi connectivity index (χ2v) is 8.89. The van der Waals surface area contributed by atoms with Crippen LogP contribution in [0.2, 0.25) is 0 Å². The molecule has 0 atom stereocenters. The Labute approximate surface area is 196 Å². The minimum absolute atomic E-state index is 0.168. The van der Waals surface area contributed by atoms with Gasteiger partial charge in [-0.2, -0.15) is 0 Å². The van der Waals surface area contributed by atoms with E-state index in [0.717, 1.165) is 30.4 Å². The lowest BCUT2D eigenvalue weighted by molar-refractivity contribution is 0.0601. The van der Waals surface area contributed by atoms with Gasteiger partial charge in [-0.3, -0.25) is 4.79 Å². The van der Waals surface area contributed by atoms with E-state index in [4.69, 9.17) is 17.0 Å². The van der Waals surface area contributed by atoms with Crippen LogP contribution in [0.3, 0.4) is 0 Å². The van der Waals surface area contributed by atoms with Gasteiger partial charge >= 0.3 is 5.97 Å². The summed E-state index contributed by atoms with van der Waals surface area (Å²) >= 11 is 7.00. The van der Waals surface area contributed by atoms with Crippen molar-refractivity contribution in [1.82, 2.24) is 5.32 Å². The number of fused-ring (bicyclic) bond motifs is 1. The second-order valence-electron chi connectivity index (χ2n) is 7.38. The molecule has 1 amide bonds. The monoisotopic (exact) mass is 465 g/mol. The number of esters is 1. The molecule has 32 heavy (non-hydrogen) atoms. The Morgan fingerprint density at radius 1 is 1.06 bits per heavy atom. The average Bonchev–Trinajstić information content (AvgIpc) is 3.38. The predicted octanol–water partition coefficient (Wildman–Crippen LogP) is 4.76. The number of ether oxygens (including phenoxy) is 1. The Balaban J connectivity index is 1.41. The average molecular weight is 466 g/mol. The van der Waals surface area contributed by atoms with Gasteiger partial charge in [-0.25, -0.2) is 4.79 Å². The van der Waals surface area contributed by atoms with Crippen molar-refractivity contribution in [1.29, 1.82) is 0 Å². The SMILES string of the molecule is COC(=O)c1c(NC(=S)Nc2cccc(C(=O)NCc3ccccc3)c2)sc2c1CCC2. The lowest BCUT2D eigenvalue weighted by atomic mass is 10.1. The van der Waals surface area contributed by atoms with Gasteiger partial charge in [-0.05, 0) is 60.8 Å². The number of rotatable bonds is 6. The number of thiocarbonyl (C=S) groups is 1. The summed E-state index contributed by atoms with van der Waals surface area (Å²) < 4.78 is 4.98. The van der Waals surface area contributed by atoms with Crippen molar-refractivity contribution in [2.75, 3.05) is 17.7 Å². The standard InChI is InChI=1S/C24H23N3O3S2/c1-30-23(29)20-18-11-6-12-19(18)32-22(20)27-24(31)26-17-10-5-9-16(13-17)21(28)25-14-15-7-3-2-4-8-15/h2-5,7-10,13H,6,11-12,14H2,1H3,(H,25,28)(H2,26,27,31). The van der Waals surface area contributed by atoms with E-state index < -0.39 is 0 Å². The summed E-state index contributed by atoms with van der Waals surface area (Å²) in [4.78, 5) is 26.1. The van der Waals surface area contributed by atoms with Crippen molar-refractivity contribution < 1.29 is 14.3 Å². The van der Waals surface area contributed by atoms with Crippen LogP contribution in [-0.2, 0) is 24.1 Å². The largest absolute Gasteiger partial charge is 0.465 e. The first-order valence-corrected chi connectivity index (χ1v) is 11.5. The van der Waals surface area contributed by atoms with Crippen LogP contribution in [0.25, 0.3) is 0 Å². The van der Waals surface area contributed by atoms with E-state index in [1.807, 2.05) is 36.4 Å². The van der Waals surface area contributed by atoms with Crippen LogP contribution < -0.4 is 16.0 Å². The molecule has 0 spiro atoms. The second kappa shape index (κ2) is 9.93. The molecule has 1 heterocycles. The van der Waals surface area contributed by atoms with Crippen LogP contribution in [0.5, 0.6) is 0 Å². The molecule has 4 rings (SSSR count). The van der Waals surface area contributed by atoms with Crippen LogP contribution in [-0.4, -0.2) is 24.1 Å². The number of benzene rings is 2. The summed E-state index contributed by atoms with van der Waals surface area (Å²) in [5.41, 5.74) is 3.87. The van der Waals surface area contributed by atoms with E-state index >= 15 is 0 Å². The minimum Gasteiger partial charge on any atom is -0.465 e. The smallest absolute Gasteiger partial charge is 0.341 e. The number of carbonyl (C=O) groups is 2. The molecule has 3 aromatic rings. The van der Waals surface area contributed by atoms with E-state index in [2.05, 4.69) is 16.0 Å². The molecule has 1 aliphatic carbocycles. The van der Waals surface area contributed by atoms with Gasteiger partial charge in [0, 0.05) is 22.7 Å². The summed E-state index contributed by atoms with van der Waals surface area (Å²) in [6.07, 6.45) is 2.89. The van der Waals surface area contributed by atoms with E-state index in [1.54, 1.807) is 29.5 Å². The Morgan fingerprint density at radius 2 is 1.88 bits per heavy atom. The fourth-order valence-corrected chi connectivity index (χ4v) is 5.26. The van der Waals surface area contributed by atoms with Crippen LogP contribution in [0.1, 0.15) is 43.1 Å². The molecule has 0 unspecified atom stereocenters. The van der Waals surface area contributed by atoms with Gasteiger partial charge in [0.05, 0.1) is 12.7 Å². The molecule has 1 aromatic heterocycles. The zero-order valence-corrected chi connectivity index (χ0v) is 19.2. The highest BCUT2D eigenvalue weighted by atomic mass is 32.1.